The molecule has 4 bridgehead atoms. The third-order valence-electron chi connectivity index (χ3n) is 6.90. The molecule has 0 unspecified atom stereocenters. The first-order valence-electron chi connectivity index (χ1n) is 9.77. The second-order valence-corrected chi connectivity index (χ2v) is 8.92. The van der Waals surface area contributed by atoms with E-state index in [1.807, 2.05) is 0 Å². The fourth-order valence-corrected chi connectivity index (χ4v) is 5.97. The molecule has 1 aromatic carbocycles. The maximum Gasteiger partial charge on any atom is 0.315 e. The number of carbonyl (C=O) groups is 1. The zero-order valence-corrected chi connectivity index (χ0v) is 15.7. The smallest absolute Gasteiger partial charge is 0.315 e. The van der Waals surface area contributed by atoms with Crippen LogP contribution >= 0.6 is 0 Å². The predicted octanol–water partition coefficient (Wildman–Crippen LogP) is 3.96. The first-order chi connectivity index (χ1) is 12.4. The highest BCUT2D eigenvalue weighted by atomic mass is 19.1. The molecule has 4 aliphatic rings. The van der Waals surface area contributed by atoms with Gasteiger partial charge in [0.25, 0.3) is 0 Å². The van der Waals surface area contributed by atoms with Gasteiger partial charge in [-0.2, -0.15) is 0 Å². The fraction of sp³-hybridized carbons (Fsp3) is 0.667. The molecule has 2 N–H and O–H groups in total. The molecule has 4 aliphatic carbocycles. The second kappa shape index (κ2) is 6.52. The van der Waals surface area contributed by atoms with Gasteiger partial charge < -0.3 is 15.4 Å². The van der Waals surface area contributed by atoms with E-state index >= 15 is 0 Å². The number of methoxy groups -OCH3 is 1. The summed E-state index contributed by atoms with van der Waals surface area (Å²) < 4.78 is 19.7. The number of amides is 2. The van der Waals surface area contributed by atoms with Gasteiger partial charge in [0, 0.05) is 18.2 Å². The number of urea groups is 1. The number of carbonyl (C=O) groups excluding carboxylic acids is 1. The van der Waals surface area contributed by atoms with Crippen molar-refractivity contribution in [1.29, 1.82) is 0 Å². The monoisotopic (exact) mass is 360 g/mol. The Bertz CT molecular complexity index is 657. The van der Waals surface area contributed by atoms with Crippen molar-refractivity contribution in [2.75, 3.05) is 13.7 Å². The van der Waals surface area contributed by atoms with Crippen molar-refractivity contribution in [1.82, 2.24) is 10.6 Å². The van der Waals surface area contributed by atoms with E-state index in [0.29, 0.717) is 5.56 Å². The van der Waals surface area contributed by atoms with Gasteiger partial charge >= 0.3 is 6.03 Å². The molecule has 0 aromatic heterocycles. The van der Waals surface area contributed by atoms with E-state index in [0.717, 1.165) is 37.0 Å². The Morgan fingerprint density at radius 3 is 2.31 bits per heavy atom. The maximum absolute atomic E-state index is 14.2. The minimum Gasteiger partial charge on any atom is -0.372 e. The number of benzene rings is 1. The van der Waals surface area contributed by atoms with Crippen molar-refractivity contribution in [3.05, 3.63) is 35.6 Å². The summed E-state index contributed by atoms with van der Waals surface area (Å²) >= 11 is 0. The van der Waals surface area contributed by atoms with Gasteiger partial charge in [0.05, 0.1) is 6.54 Å². The van der Waals surface area contributed by atoms with E-state index in [-0.39, 0.29) is 23.9 Å². The number of hydrogen-bond donors (Lipinski definition) is 2. The lowest BCUT2D eigenvalue weighted by Crippen LogP contribution is -2.62. The summed E-state index contributed by atoms with van der Waals surface area (Å²) in [7, 11) is 1.55. The molecule has 4 saturated carbocycles. The van der Waals surface area contributed by atoms with Gasteiger partial charge in [-0.15, -0.1) is 0 Å². The van der Waals surface area contributed by atoms with E-state index in [9.17, 15) is 9.18 Å². The molecule has 5 rings (SSSR count). The molecule has 26 heavy (non-hydrogen) atoms. The van der Waals surface area contributed by atoms with Crippen LogP contribution in [0.5, 0.6) is 0 Å². The lowest BCUT2D eigenvalue weighted by Gasteiger charge is -2.56. The van der Waals surface area contributed by atoms with Crippen molar-refractivity contribution in [3.8, 4) is 0 Å². The van der Waals surface area contributed by atoms with Crippen LogP contribution in [0.4, 0.5) is 9.18 Å². The molecule has 0 aliphatic heterocycles. The number of nitrogens with one attached hydrogen (secondary N) is 2. The quantitative estimate of drug-likeness (QED) is 0.835. The molecule has 0 radical (unpaired) electrons. The molecule has 2 amide bonds. The number of ether oxygens (including phenoxy) is 1. The van der Waals surface area contributed by atoms with Gasteiger partial charge in [-0.1, -0.05) is 18.2 Å². The summed E-state index contributed by atoms with van der Waals surface area (Å²) in [6.45, 7) is 2.03. The van der Waals surface area contributed by atoms with E-state index in [2.05, 4.69) is 10.6 Å². The van der Waals surface area contributed by atoms with Gasteiger partial charge in [-0.3, -0.25) is 0 Å². The van der Waals surface area contributed by atoms with Crippen LogP contribution in [0, 0.1) is 23.6 Å². The Morgan fingerprint density at radius 2 is 1.77 bits per heavy atom. The SMILES string of the molecule is CO[C@](C)(CNC(=O)NC12CC3CC(CC(C3)C1)C2)c1ccccc1F. The molecule has 0 heterocycles. The Labute approximate surface area is 154 Å². The van der Waals surface area contributed by atoms with Crippen LogP contribution in [0.25, 0.3) is 0 Å². The molecule has 4 nitrogen and oxygen atoms in total. The minimum absolute atomic E-state index is 0.0275. The van der Waals surface area contributed by atoms with E-state index in [1.54, 1.807) is 32.2 Å². The third kappa shape index (κ3) is 3.22. The molecule has 1 aromatic rings. The van der Waals surface area contributed by atoms with E-state index in [4.69, 9.17) is 4.74 Å². The summed E-state index contributed by atoms with van der Waals surface area (Å²) in [5, 5.41) is 6.22. The van der Waals surface area contributed by atoms with Crippen molar-refractivity contribution in [2.45, 2.75) is 56.6 Å². The van der Waals surface area contributed by atoms with Crippen LogP contribution in [0.1, 0.15) is 51.0 Å². The Kier molecular flexibility index (Phi) is 4.46. The number of halogens is 1. The Morgan fingerprint density at radius 1 is 1.19 bits per heavy atom. The van der Waals surface area contributed by atoms with Crippen molar-refractivity contribution in [3.63, 3.8) is 0 Å². The van der Waals surface area contributed by atoms with E-state index < -0.39 is 5.60 Å². The van der Waals surface area contributed by atoms with E-state index in [1.165, 1.54) is 25.3 Å². The zero-order valence-electron chi connectivity index (χ0n) is 15.7. The highest BCUT2D eigenvalue weighted by Gasteiger charge is 2.51. The standard InChI is InChI=1S/C21H29FN2O2/c1-20(26-2,17-5-3-4-6-18(17)22)13-23-19(25)24-21-10-14-7-15(11-21)9-16(8-14)12-21/h3-6,14-16H,7-13H2,1-2H3,(H2,23,24,25)/t14?,15?,16?,20-,21?/m1/s1. The molecule has 4 fully saturated rings. The van der Waals surface area contributed by atoms with Gasteiger partial charge in [0.15, 0.2) is 0 Å². The summed E-state index contributed by atoms with van der Waals surface area (Å²) in [6.07, 6.45) is 7.37. The molecule has 142 valence electrons. The normalized spacial score (nSPS) is 34.3. The van der Waals surface area contributed by atoms with Gasteiger partial charge in [0.1, 0.15) is 11.4 Å². The predicted molar refractivity (Wildman–Crippen MR) is 98.2 cm³/mol. The van der Waals surface area contributed by atoms with Crippen LogP contribution in [0.3, 0.4) is 0 Å². The molecule has 0 saturated heterocycles. The van der Waals surface area contributed by atoms with Crippen molar-refractivity contribution in [2.24, 2.45) is 17.8 Å². The average Bonchev–Trinajstić information content (AvgIpc) is 2.58. The highest BCUT2D eigenvalue weighted by Crippen LogP contribution is 2.55. The lowest BCUT2D eigenvalue weighted by molar-refractivity contribution is -0.0159. The van der Waals surface area contributed by atoms with Crippen LogP contribution in [-0.2, 0) is 10.3 Å². The molecule has 0 spiro atoms. The summed E-state index contributed by atoms with van der Waals surface area (Å²) in [4.78, 5) is 12.6. The molecular weight excluding hydrogens is 331 g/mol. The summed E-state index contributed by atoms with van der Waals surface area (Å²) in [6, 6.07) is 6.40. The maximum atomic E-state index is 14.2. The van der Waals surface area contributed by atoms with Gasteiger partial charge in [-0.05, 0) is 69.3 Å². The summed E-state index contributed by atoms with van der Waals surface area (Å²) in [5.41, 5.74) is -0.470. The summed E-state index contributed by atoms with van der Waals surface area (Å²) in [5.74, 6) is 2.03. The molecular formula is C21H29FN2O2. The highest BCUT2D eigenvalue weighted by molar-refractivity contribution is 5.75. The largest absolute Gasteiger partial charge is 0.372 e. The fourth-order valence-electron chi connectivity index (χ4n) is 5.97. The zero-order chi connectivity index (χ0) is 18.4. The van der Waals surface area contributed by atoms with Crippen LogP contribution in [0.15, 0.2) is 24.3 Å². The van der Waals surface area contributed by atoms with Gasteiger partial charge in [-0.25, -0.2) is 9.18 Å². The first kappa shape index (κ1) is 17.8. The minimum atomic E-state index is -0.899. The van der Waals surface area contributed by atoms with Crippen molar-refractivity contribution < 1.29 is 13.9 Å². The second-order valence-electron chi connectivity index (χ2n) is 8.92. The first-order valence-corrected chi connectivity index (χ1v) is 9.77. The third-order valence-corrected chi connectivity index (χ3v) is 6.90. The van der Waals surface area contributed by atoms with Crippen LogP contribution in [-0.4, -0.2) is 25.2 Å². The molecule has 1 atom stereocenters. The van der Waals surface area contributed by atoms with Crippen molar-refractivity contribution >= 4 is 6.03 Å². The number of rotatable bonds is 5. The Hall–Kier alpha value is -1.62. The average molecular weight is 360 g/mol. The van der Waals surface area contributed by atoms with Gasteiger partial charge in [0.2, 0.25) is 0 Å². The number of hydrogen-bond acceptors (Lipinski definition) is 2. The Balaban J connectivity index is 1.40. The lowest BCUT2D eigenvalue weighted by atomic mass is 9.53. The van der Waals surface area contributed by atoms with Crippen LogP contribution in [0.2, 0.25) is 0 Å². The van der Waals surface area contributed by atoms with Crippen LogP contribution < -0.4 is 10.6 Å². The topological polar surface area (TPSA) is 50.4 Å². The molecule has 5 heteroatoms.